The maximum absolute atomic E-state index is 12.1. The van der Waals surface area contributed by atoms with Crippen LogP contribution in [0.25, 0.3) is 0 Å². The van der Waals surface area contributed by atoms with Crippen molar-refractivity contribution in [3.8, 4) is 0 Å². The van der Waals surface area contributed by atoms with E-state index in [0.717, 1.165) is 43.4 Å². The Morgan fingerprint density at radius 1 is 1.35 bits per heavy atom. The van der Waals surface area contributed by atoms with Crippen LogP contribution in [0.5, 0.6) is 0 Å². The van der Waals surface area contributed by atoms with Crippen LogP contribution in [-0.4, -0.2) is 37.6 Å². The third-order valence-electron chi connectivity index (χ3n) is 4.10. The topological polar surface area (TPSA) is 44.4 Å². The predicted molar refractivity (Wildman–Crippen MR) is 83.9 cm³/mol. The molecule has 1 aromatic rings. The summed E-state index contributed by atoms with van der Waals surface area (Å²) in [6.07, 6.45) is 3.08. The Kier molecular flexibility index (Phi) is 4.27. The van der Waals surface area contributed by atoms with Gasteiger partial charge in [0.05, 0.1) is 11.7 Å². The lowest BCUT2D eigenvalue weighted by atomic mass is 10.2. The summed E-state index contributed by atoms with van der Waals surface area (Å²) in [6.45, 7) is 2.85. The van der Waals surface area contributed by atoms with Crippen molar-refractivity contribution in [2.75, 3.05) is 24.5 Å². The van der Waals surface area contributed by atoms with Crippen LogP contribution in [0.15, 0.2) is 28.7 Å². The first-order valence-corrected chi connectivity index (χ1v) is 8.06. The lowest BCUT2D eigenvalue weighted by Crippen LogP contribution is -2.46. The Labute approximate surface area is 128 Å². The number of rotatable bonds is 3. The lowest BCUT2D eigenvalue weighted by molar-refractivity contribution is -0.123. The molecular weight excluding hydrogens is 318 g/mol. The van der Waals surface area contributed by atoms with Crippen molar-refractivity contribution in [1.29, 1.82) is 0 Å². The number of carbonyl (C=O) groups is 1. The first-order chi connectivity index (χ1) is 9.74. The van der Waals surface area contributed by atoms with E-state index >= 15 is 0 Å². The molecule has 0 aromatic heterocycles. The van der Waals surface area contributed by atoms with E-state index in [4.69, 9.17) is 0 Å². The molecule has 0 spiro atoms. The summed E-state index contributed by atoms with van der Waals surface area (Å²) in [5.74, 6) is 0.168. The monoisotopic (exact) mass is 337 g/mol. The van der Waals surface area contributed by atoms with Gasteiger partial charge in [-0.3, -0.25) is 4.79 Å². The van der Waals surface area contributed by atoms with Gasteiger partial charge in [0.1, 0.15) is 0 Å². The lowest BCUT2D eigenvalue weighted by Gasteiger charge is -2.21. The fourth-order valence-electron chi connectivity index (χ4n) is 3.02. The second-order valence-corrected chi connectivity index (χ2v) is 6.39. The minimum absolute atomic E-state index is 0.0208. The molecule has 1 amide bonds. The van der Waals surface area contributed by atoms with Gasteiger partial charge in [0.2, 0.25) is 5.91 Å². The van der Waals surface area contributed by atoms with Crippen LogP contribution in [0.4, 0.5) is 5.69 Å². The van der Waals surface area contributed by atoms with Crippen molar-refractivity contribution in [1.82, 2.24) is 10.6 Å². The van der Waals surface area contributed by atoms with Crippen molar-refractivity contribution < 1.29 is 4.79 Å². The molecule has 2 atom stereocenters. The van der Waals surface area contributed by atoms with E-state index in [9.17, 15) is 4.79 Å². The third-order valence-corrected chi connectivity index (χ3v) is 4.78. The van der Waals surface area contributed by atoms with Gasteiger partial charge in [0.15, 0.2) is 0 Å². The zero-order valence-corrected chi connectivity index (χ0v) is 13.0. The average Bonchev–Trinajstić information content (AvgIpc) is 3.10. The average molecular weight is 338 g/mol. The molecule has 20 heavy (non-hydrogen) atoms. The van der Waals surface area contributed by atoms with Gasteiger partial charge in [0, 0.05) is 23.6 Å². The molecular formula is C15H20BrN3O. The van der Waals surface area contributed by atoms with Gasteiger partial charge in [-0.1, -0.05) is 12.1 Å². The normalized spacial score (nSPS) is 25.9. The molecule has 0 saturated carbocycles. The number of nitrogens with zero attached hydrogens (tertiary/aromatic N) is 1. The molecule has 4 nitrogen and oxygen atoms in total. The Morgan fingerprint density at radius 2 is 2.20 bits per heavy atom. The number of anilines is 1. The van der Waals surface area contributed by atoms with Gasteiger partial charge in [0.25, 0.3) is 0 Å². The second-order valence-electron chi connectivity index (χ2n) is 5.54. The van der Waals surface area contributed by atoms with Crippen LogP contribution in [0.2, 0.25) is 0 Å². The van der Waals surface area contributed by atoms with Crippen molar-refractivity contribution in [2.24, 2.45) is 0 Å². The van der Waals surface area contributed by atoms with E-state index in [0.29, 0.717) is 0 Å². The Morgan fingerprint density at radius 3 is 2.95 bits per heavy atom. The molecule has 0 bridgehead atoms. The van der Waals surface area contributed by atoms with Crippen molar-refractivity contribution in [3.05, 3.63) is 28.7 Å². The molecule has 2 aliphatic rings. The van der Waals surface area contributed by atoms with Crippen molar-refractivity contribution in [2.45, 2.75) is 31.3 Å². The molecule has 1 aromatic carbocycles. The Bertz CT molecular complexity index is 488. The highest BCUT2D eigenvalue weighted by Crippen LogP contribution is 2.28. The SMILES string of the molecule is O=C(N[C@H]1CCN(c2ccccc2Br)C1)[C@@H]1CCCN1. The quantitative estimate of drug-likeness (QED) is 0.885. The predicted octanol–water partition coefficient (Wildman–Crippen LogP) is 1.90. The van der Waals surface area contributed by atoms with Crippen LogP contribution in [0.1, 0.15) is 19.3 Å². The van der Waals surface area contributed by atoms with Gasteiger partial charge >= 0.3 is 0 Å². The van der Waals surface area contributed by atoms with Crippen LogP contribution >= 0.6 is 15.9 Å². The number of amides is 1. The summed E-state index contributed by atoms with van der Waals surface area (Å²) in [4.78, 5) is 14.4. The minimum atomic E-state index is 0.0208. The number of para-hydroxylation sites is 1. The summed E-state index contributed by atoms with van der Waals surface area (Å²) in [7, 11) is 0. The zero-order valence-electron chi connectivity index (χ0n) is 11.4. The largest absolute Gasteiger partial charge is 0.368 e. The highest BCUT2D eigenvalue weighted by Gasteiger charge is 2.28. The summed E-state index contributed by atoms with van der Waals surface area (Å²) in [5.41, 5.74) is 1.21. The highest BCUT2D eigenvalue weighted by atomic mass is 79.9. The summed E-state index contributed by atoms with van der Waals surface area (Å²) >= 11 is 3.59. The highest BCUT2D eigenvalue weighted by molar-refractivity contribution is 9.10. The molecule has 5 heteroatoms. The zero-order chi connectivity index (χ0) is 13.9. The fourth-order valence-corrected chi connectivity index (χ4v) is 3.55. The Hall–Kier alpha value is -1.07. The standard InChI is InChI=1S/C15H20BrN3O/c16-12-4-1-2-6-14(12)19-9-7-11(10-19)18-15(20)13-5-3-8-17-13/h1-2,4,6,11,13,17H,3,5,7-10H2,(H,18,20)/t11-,13-/m0/s1. The van der Waals surface area contributed by atoms with Crippen LogP contribution in [-0.2, 0) is 4.79 Å². The smallest absolute Gasteiger partial charge is 0.237 e. The minimum Gasteiger partial charge on any atom is -0.368 e. The van der Waals surface area contributed by atoms with Gasteiger partial charge < -0.3 is 15.5 Å². The molecule has 2 saturated heterocycles. The van der Waals surface area contributed by atoms with E-state index in [1.807, 2.05) is 6.07 Å². The van der Waals surface area contributed by atoms with E-state index < -0.39 is 0 Å². The third kappa shape index (κ3) is 2.99. The van der Waals surface area contributed by atoms with E-state index in [1.54, 1.807) is 0 Å². The van der Waals surface area contributed by atoms with Crippen LogP contribution < -0.4 is 15.5 Å². The van der Waals surface area contributed by atoms with Gasteiger partial charge in [-0.15, -0.1) is 0 Å². The van der Waals surface area contributed by atoms with Crippen LogP contribution in [0.3, 0.4) is 0 Å². The fraction of sp³-hybridized carbons (Fsp3) is 0.533. The van der Waals surface area contributed by atoms with Crippen molar-refractivity contribution >= 4 is 27.5 Å². The number of hydrogen-bond donors (Lipinski definition) is 2. The number of hydrogen-bond acceptors (Lipinski definition) is 3. The molecule has 108 valence electrons. The van der Waals surface area contributed by atoms with E-state index in [2.05, 4.69) is 49.7 Å². The van der Waals surface area contributed by atoms with E-state index in [-0.39, 0.29) is 18.0 Å². The molecule has 2 aliphatic heterocycles. The molecule has 2 N–H and O–H groups in total. The van der Waals surface area contributed by atoms with Gasteiger partial charge in [-0.25, -0.2) is 0 Å². The maximum atomic E-state index is 12.1. The Balaban J connectivity index is 1.57. The summed E-state index contributed by atoms with van der Waals surface area (Å²) in [6, 6.07) is 8.53. The first kappa shape index (κ1) is 13.9. The van der Waals surface area contributed by atoms with Gasteiger partial charge in [-0.05, 0) is 53.9 Å². The van der Waals surface area contributed by atoms with Gasteiger partial charge in [-0.2, -0.15) is 0 Å². The van der Waals surface area contributed by atoms with Crippen LogP contribution in [0, 0.1) is 0 Å². The number of benzene rings is 1. The summed E-state index contributed by atoms with van der Waals surface area (Å²) < 4.78 is 1.12. The summed E-state index contributed by atoms with van der Waals surface area (Å²) in [5, 5.41) is 6.43. The second kappa shape index (κ2) is 6.14. The maximum Gasteiger partial charge on any atom is 0.237 e. The number of nitrogens with one attached hydrogen (secondary N) is 2. The molecule has 0 radical (unpaired) electrons. The molecule has 0 aliphatic carbocycles. The van der Waals surface area contributed by atoms with E-state index in [1.165, 1.54) is 5.69 Å². The molecule has 2 fully saturated rings. The number of carbonyl (C=O) groups excluding carboxylic acids is 1. The molecule has 2 heterocycles. The molecule has 0 unspecified atom stereocenters. The first-order valence-electron chi connectivity index (χ1n) is 7.27. The van der Waals surface area contributed by atoms with Crippen molar-refractivity contribution in [3.63, 3.8) is 0 Å². The number of halogens is 1. The molecule has 3 rings (SSSR count).